The van der Waals surface area contributed by atoms with Crippen LogP contribution in [0.25, 0.3) is 10.9 Å². The third-order valence-corrected chi connectivity index (χ3v) is 5.23. The molecule has 5 nitrogen and oxygen atoms in total. The maximum Gasteiger partial charge on any atom is 0.261 e. The van der Waals surface area contributed by atoms with Crippen molar-refractivity contribution in [2.24, 2.45) is 13.0 Å². The Morgan fingerprint density at radius 1 is 1.14 bits per heavy atom. The summed E-state index contributed by atoms with van der Waals surface area (Å²) in [4.78, 5) is 32.7. The smallest absolute Gasteiger partial charge is 0.261 e. The van der Waals surface area contributed by atoms with Crippen LogP contribution in [0.2, 0.25) is 0 Å². The standard InChI is InChI=1S/C23H35N3O2/c1-6-8-9-12-15-26(21(27)16-17(3)4)20(7-2)22-24-19-14-11-10-13-18(19)23(28)25(22)5/h10-11,13-14,17,20H,6-9,12,15-16H2,1-5H3. The van der Waals surface area contributed by atoms with Gasteiger partial charge in [0, 0.05) is 20.0 Å². The van der Waals surface area contributed by atoms with E-state index in [-0.39, 0.29) is 17.5 Å². The van der Waals surface area contributed by atoms with E-state index >= 15 is 0 Å². The zero-order chi connectivity index (χ0) is 20.7. The number of unbranched alkanes of at least 4 members (excludes halogenated alkanes) is 3. The summed E-state index contributed by atoms with van der Waals surface area (Å²) in [6.07, 6.45) is 5.69. The van der Waals surface area contributed by atoms with E-state index in [4.69, 9.17) is 4.98 Å². The minimum absolute atomic E-state index is 0.0544. The molecule has 0 aliphatic heterocycles. The predicted molar refractivity (Wildman–Crippen MR) is 115 cm³/mol. The second-order valence-corrected chi connectivity index (χ2v) is 8.02. The molecule has 0 aliphatic rings. The molecular weight excluding hydrogens is 350 g/mol. The van der Waals surface area contributed by atoms with Gasteiger partial charge in [0.2, 0.25) is 5.91 Å². The summed E-state index contributed by atoms with van der Waals surface area (Å²) in [6.45, 7) is 9.10. The molecule has 0 N–H and O–H groups in total. The molecule has 1 heterocycles. The van der Waals surface area contributed by atoms with Crippen molar-refractivity contribution in [3.63, 3.8) is 0 Å². The van der Waals surface area contributed by atoms with Gasteiger partial charge in [0.25, 0.3) is 5.56 Å². The van der Waals surface area contributed by atoms with Crippen molar-refractivity contribution in [1.82, 2.24) is 14.5 Å². The van der Waals surface area contributed by atoms with Crippen molar-refractivity contribution in [1.29, 1.82) is 0 Å². The van der Waals surface area contributed by atoms with Gasteiger partial charge in [0.15, 0.2) is 0 Å². The fourth-order valence-corrected chi connectivity index (χ4v) is 3.71. The van der Waals surface area contributed by atoms with Crippen molar-refractivity contribution in [3.05, 3.63) is 40.4 Å². The van der Waals surface area contributed by atoms with Crippen LogP contribution in [0.4, 0.5) is 0 Å². The van der Waals surface area contributed by atoms with E-state index in [0.29, 0.717) is 35.6 Å². The second-order valence-electron chi connectivity index (χ2n) is 8.02. The normalized spacial score (nSPS) is 12.5. The lowest BCUT2D eigenvalue weighted by atomic mass is 10.1. The first-order chi connectivity index (χ1) is 13.4. The average Bonchev–Trinajstić information content (AvgIpc) is 2.67. The molecule has 0 radical (unpaired) electrons. The van der Waals surface area contributed by atoms with Crippen LogP contribution in [0.3, 0.4) is 0 Å². The Labute approximate surface area is 168 Å². The van der Waals surface area contributed by atoms with Gasteiger partial charge in [-0.25, -0.2) is 4.98 Å². The zero-order valence-corrected chi connectivity index (χ0v) is 18.1. The number of fused-ring (bicyclic) bond motifs is 1. The number of aromatic nitrogens is 2. The molecule has 0 saturated heterocycles. The van der Waals surface area contributed by atoms with E-state index in [1.165, 1.54) is 6.42 Å². The quantitative estimate of drug-likeness (QED) is 0.550. The highest BCUT2D eigenvalue weighted by Gasteiger charge is 2.27. The fraction of sp³-hybridized carbons (Fsp3) is 0.609. The molecule has 1 unspecified atom stereocenters. The number of hydrogen-bond donors (Lipinski definition) is 0. The minimum Gasteiger partial charge on any atom is -0.333 e. The number of amides is 1. The number of carbonyl (C=O) groups excluding carboxylic acids is 1. The molecule has 1 aromatic carbocycles. The van der Waals surface area contributed by atoms with Crippen molar-refractivity contribution >= 4 is 16.8 Å². The van der Waals surface area contributed by atoms with E-state index in [2.05, 4.69) is 27.7 Å². The van der Waals surface area contributed by atoms with Crippen LogP contribution in [0.1, 0.15) is 78.1 Å². The first kappa shape index (κ1) is 22.1. The highest BCUT2D eigenvalue weighted by atomic mass is 16.2. The van der Waals surface area contributed by atoms with Gasteiger partial charge in [-0.3, -0.25) is 14.2 Å². The molecule has 0 saturated carbocycles. The van der Waals surface area contributed by atoms with Gasteiger partial charge in [-0.05, 0) is 30.9 Å². The Hall–Kier alpha value is -2.17. The number of carbonyl (C=O) groups is 1. The summed E-state index contributed by atoms with van der Waals surface area (Å²) in [5, 5.41) is 0.617. The molecule has 1 atom stereocenters. The maximum absolute atomic E-state index is 13.1. The summed E-state index contributed by atoms with van der Waals surface area (Å²) in [5.74, 6) is 1.14. The van der Waals surface area contributed by atoms with Gasteiger partial charge in [0.05, 0.1) is 16.9 Å². The third-order valence-electron chi connectivity index (χ3n) is 5.23. The topological polar surface area (TPSA) is 55.2 Å². The molecule has 0 aliphatic carbocycles. The van der Waals surface area contributed by atoms with Crippen LogP contribution in [0.15, 0.2) is 29.1 Å². The van der Waals surface area contributed by atoms with Crippen molar-refractivity contribution in [2.75, 3.05) is 6.54 Å². The number of para-hydroxylation sites is 1. The van der Waals surface area contributed by atoms with Gasteiger partial charge in [-0.2, -0.15) is 0 Å². The van der Waals surface area contributed by atoms with E-state index in [0.717, 1.165) is 25.7 Å². The Kier molecular flexibility index (Phi) is 8.21. The van der Waals surface area contributed by atoms with Gasteiger partial charge < -0.3 is 4.90 Å². The van der Waals surface area contributed by atoms with Crippen molar-refractivity contribution in [2.45, 2.75) is 72.3 Å². The molecule has 0 fully saturated rings. The van der Waals surface area contributed by atoms with Gasteiger partial charge in [-0.15, -0.1) is 0 Å². The van der Waals surface area contributed by atoms with E-state index in [9.17, 15) is 9.59 Å². The van der Waals surface area contributed by atoms with E-state index in [1.807, 2.05) is 29.2 Å². The summed E-state index contributed by atoms with van der Waals surface area (Å²) < 4.78 is 1.62. The van der Waals surface area contributed by atoms with Crippen LogP contribution < -0.4 is 5.56 Å². The van der Waals surface area contributed by atoms with Crippen molar-refractivity contribution < 1.29 is 4.79 Å². The highest BCUT2D eigenvalue weighted by Crippen LogP contribution is 2.25. The molecule has 154 valence electrons. The lowest BCUT2D eigenvalue weighted by Gasteiger charge is -2.32. The van der Waals surface area contributed by atoms with Crippen LogP contribution >= 0.6 is 0 Å². The maximum atomic E-state index is 13.1. The molecular formula is C23H35N3O2. The summed E-state index contributed by atoms with van der Waals surface area (Å²) >= 11 is 0. The predicted octanol–water partition coefficient (Wildman–Crippen LogP) is 4.84. The highest BCUT2D eigenvalue weighted by molar-refractivity contribution is 5.78. The van der Waals surface area contributed by atoms with Crippen LogP contribution in [-0.4, -0.2) is 26.9 Å². The van der Waals surface area contributed by atoms with Crippen LogP contribution in [-0.2, 0) is 11.8 Å². The first-order valence-electron chi connectivity index (χ1n) is 10.7. The minimum atomic E-state index is -0.185. The van der Waals surface area contributed by atoms with Crippen LogP contribution in [0, 0.1) is 5.92 Å². The SMILES string of the molecule is CCCCCCN(C(=O)CC(C)C)C(CC)c1nc2ccccc2c(=O)n1C. The Balaban J connectivity index is 2.43. The molecule has 0 bridgehead atoms. The second kappa shape index (κ2) is 10.4. The molecule has 2 rings (SSSR count). The number of rotatable bonds is 10. The lowest BCUT2D eigenvalue weighted by molar-refractivity contribution is -0.135. The Morgan fingerprint density at radius 3 is 2.50 bits per heavy atom. The lowest BCUT2D eigenvalue weighted by Crippen LogP contribution is -2.39. The number of hydrogen-bond acceptors (Lipinski definition) is 3. The van der Waals surface area contributed by atoms with Gasteiger partial charge in [-0.1, -0.05) is 59.1 Å². The molecule has 1 amide bonds. The molecule has 5 heteroatoms. The van der Waals surface area contributed by atoms with E-state index < -0.39 is 0 Å². The van der Waals surface area contributed by atoms with E-state index in [1.54, 1.807) is 11.6 Å². The first-order valence-corrected chi connectivity index (χ1v) is 10.7. The average molecular weight is 386 g/mol. The monoisotopic (exact) mass is 385 g/mol. The molecule has 1 aromatic heterocycles. The van der Waals surface area contributed by atoms with Crippen molar-refractivity contribution in [3.8, 4) is 0 Å². The third kappa shape index (κ3) is 5.21. The Bertz CT molecular complexity index is 841. The fourth-order valence-electron chi connectivity index (χ4n) is 3.71. The molecule has 0 spiro atoms. The molecule has 2 aromatic rings. The Morgan fingerprint density at radius 2 is 1.86 bits per heavy atom. The van der Waals surface area contributed by atoms with Crippen LogP contribution in [0.5, 0.6) is 0 Å². The summed E-state index contributed by atoms with van der Waals surface area (Å²) in [7, 11) is 1.77. The number of benzene rings is 1. The van der Waals surface area contributed by atoms with Gasteiger partial charge in [0.1, 0.15) is 5.82 Å². The summed E-state index contributed by atoms with van der Waals surface area (Å²) in [6, 6.07) is 7.24. The number of nitrogens with zero attached hydrogens (tertiary/aromatic N) is 3. The largest absolute Gasteiger partial charge is 0.333 e. The molecule has 28 heavy (non-hydrogen) atoms. The zero-order valence-electron chi connectivity index (χ0n) is 18.1. The summed E-state index contributed by atoms with van der Waals surface area (Å²) in [5.41, 5.74) is 0.641. The van der Waals surface area contributed by atoms with Gasteiger partial charge >= 0.3 is 0 Å².